The number of nitrogens with one attached hydrogen (secondary N) is 1. The number of hydrogen-bond acceptors (Lipinski definition) is 4. The number of carboxylic acids is 1. The first-order valence-electron chi connectivity index (χ1n) is 6.54. The summed E-state index contributed by atoms with van der Waals surface area (Å²) >= 11 is 5.86. The van der Waals surface area contributed by atoms with Gasteiger partial charge >= 0.3 is 5.97 Å². The van der Waals surface area contributed by atoms with Crippen molar-refractivity contribution in [3.8, 4) is 0 Å². The molecule has 2 rings (SSSR count). The summed E-state index contributed by atoms with van der Waals surface area (Å²) in [6, 6.07) is 2.91. The number of hydrogen-bond donors (Lipinski definition) is 3. The zero-order chi connectivity index (χ0) is 15.6. The third kappa shape index (κ3) is 3.74. The molecule has 0 unspecified atom stereocenters. The van der Waals surface area contributed by atoms with Gasteiger partial charge in [-0.1, -0.05) is 24.4 Å². The Balaban J connectivity index is 2.30. The smallest absolute Gasteiger partial charge is 0.335 e. The molecule has 0 heterocycles. The van der Waals surface area contributed by atoms with Gasteiger partial charge in [-0.05, 0) is 31.0 Å². The van der Waals surface area contributed by atoms with Crippen LogP contribution in [0.5, 0.6) is 0 Å². The number of sulfonamides is 1. The summed E-state index contributed by atoms with van der Waals surface area (Å²) in [5.74, 6) is -1.24. The summed E-state index contributed by atoms with van der Waals surface area (Å²) in [4.78, 5) is 10.6. The van der Waals surface area contributed by atoms with E-state index in [1.807, 2.05) is 0 Å². The average Bonchev–Trinajstić information content (AvgIpc) is 2.41. The highest BCUT2D eigenvalue weighted by atomic mass is 35.5. The van der Waals surface area contributed by atoms with Crippen LogP contribution in [0, 0.1) is 0 Å². The third-order valence-electron chi connectivity index (χ3n) is 3.50. The highest BCUT2D eigenvalue weighted by molar-refractivity contribution is 7.89. The molecular formula is C13H16ClNO5S. The fourth-order valence-corrected chi connectivity index (χ4v) is 4.18. The Bertz CT molecular complexity index is 646. The molecule has 1 aliphatic carbocycles. The van der Waals surface area contributed by atoms with Crippen molar-refractivity contribution < 1.29 is 23.4 Å². The molecule has 0 bridgehead atoms. The Kier molecular flexibility index (Phi) is 4.88. The lowest BCUT2D eigenvalue weighted by atomic mass is 9.93. The lowest BCUT2D eigenvalue weighted by Gasteiger charge is -2.28. The predicted molar refractivity (Wildman–Crippen MR) is 77.0 cm³/mol. The molecule has 0 amide bonds. The Labute approximate surface area is 127 Å². The van der Waals surface area contributed by atoms with Crippen molar-refractivity contribution in [3.63, 3.8) is 0 Å². The molecule has 0 aliphatic heterocycles. The zero-order valence-electron chi connectivity index (χ0n) is 11.1. The molecule has 116 valence electrons. The van der Waals surface area contributed by atoms with Crippen molar-refractivity contribution in [1.29, 1.82) is 0 Å². The van der Waals surface area contributed by atoms with Gasteiger partial charge in [-0.3, -0.25) is 0 Å². The minimum absolute atomic E-state index is 0.0576. The van der Waals surface area contributed by atoms with Gasteiger partial charge in [-0.15, -0.1) is 0 Å². The van der Waals surface area contributed by atoms with Crippen molar-refractivity contribution in [3.05, 3.63) is 28.8 Å². The second kappa shape index (κ2) is 6.31. The van der Waals surface area contributed by atoms with Crippen LogP contribution in [0.25, 0.3) is 0 Å². The number of aliphatic hydroxyl groups is 1. The van der Waals surface area contributed by atoms with Gasteiger partial charge < -0.3 is 10.2 Å². The fourth-order valence-electron chi connectivity index (χ4n) is 2.35. The molecule has 3 N–H and O–H groups in total. The van der Waals surface area contributed by atoms with E-state index >= 15 is 0 Å². The summed E-state index contributed by atoms with van der Waals surface area (Å²) in [5, 5.41) is 18.7. The van der Waals surface area contributed by atoms with Gasteiger partial charge in [0, 0.05) is 6.04 Å². The molecule has 0 spiro atoms. The van der Waals surface area contributed by atoms with E-state index in [0.717, 1.165) is 18.9 Å². The first kappa shape index (κ1) is 16.2. The summed E-state index contributed by atoms with van der Waals surface area (Å²) in [6.07, 6.45) is 2.02. The monoisotopic (exact) mass is 333 g/mol. The van der Waals surface area contributed by atoms with Gasteiger partial charge in [0.05, 0.1) is 16.7 Å². The van der Waals surface area contributed by atoms with Crippen molar-refractivity contribution in [2.75, 3.05) is 0 Å². The van der Waals surface area contributed by atoms with Crippen LogP contribution in [-0.4, -0.2) is 36.7 Å². The Hall–Kier alpha value is -1.15. The van der Waals surface area contributed by atoms with Gasteiger partial charge in [-0.2, -0.15) is 0 Å². The minimum Gasteiger partial charge on any atom is -0.478 e. The van der Waals surface area contributed by atoms with Crippen molar-refractivity contribution in [2.24, 2.45) is 0 Å². The fraction of sp³-hybridized carbons (Fsp3) is 0.462. The largest absolute Gasteiger partial charge is 0.478 e. The van der Waals surface area contributed by atoms with E-state index in [0.29, 0.717) is 12.8 Å². The number of rotatable bonds is 4. The average molecular weight is 334 g/mol. The van der Waals surface area contributed by atoms with E-state index in [4.69, 9.17) is 16.7 Å². The minimum atomic E-state index is -3.98. The number of carbonyl (C=O) groups is 1. The molecule has 1 fully saturated rings. The van der Waals surface area contributed by atoms with E-state index in [-0.39, 0.29) is 15.5 Å². The number of aromatic carboxylic acids is 1. The molecule has 6 nitrogen and oxygen atoms in total. The molecule has 2 atom stereocenters. The topological polar surface area (TPSA) is 104 Å². The summed E-state index contributed by atoms with van der Waals surface area (Å²) in [5.41, 5.74) is -0.163. The summed E-state index contributed by atoms with van der Waals surface area (Å²) in [7, 11) is -3.98. The van der Waals surface area contributed by atoms with Crippen LogP contribution in [0.4, 0.5) is 0 Å². The standard InChI is InChI=1S/C13H16ClNO5S/c14-9-6-5-8(13(17)18)7-12(9)21(19,20)15-10-3-1-2-4-11(10)16/h5-7,10-11,15-16H,1-4H2,(H,17,18)/t10-,11-/m0/s1. The van der Waals surface area contributed by atoms with E-state index in [9.17, 15) is 18.3 Å². The predicted octanol–water partition coefficient (Wildman–Crippen LogP) is 1.62. The molecule has 1 aromatic rings. The van der Waals surface area contributed by atoms with Crippen LogP contribution < -0.4 is 4.72 Å². The molecule has 1 aromatic carbocycles. The zero-order valence-corrected chi connectivity index (χ0v) is 12.7. The van der Waals surface area contributed by atoms with Crippen LogP contribution in [-0.2, 0) is 10.0 Å². The highest BCUT2D eigenvalue weighted by Crippen LogP contribution is 2.25. The Morgan fingerprint density at radius 3 is 2.57 bits per heavy atom. The first-order valence-corrected chi connectivity index (χ1v) is 8.40. The van der Waals surface area contributed by atoms with E-state index in [1.165, 1.54) is 12.1 Å². The van der Waals surface area contributed by atoms with Crippen LogP contribution >= 0.6 is 11.6 Å². The van der Waals surface area contributed by atoms with Gasteiger partial charge in [0.15, 0.2) is 0 Å². The Morgan fingerprint density at radius 1 is 1.29 bits per heavy atom. The van der Waals surface area contributed by atoms with E-state index in [2.05, 4.69) is 4.72 Å². The maximum Gasteiger partial charge on any atom is 0.335 e. The number of halogens is 1. The Morgan fingerprint density at radius 2 is 1.95 bits per heavy atom. The molecule has 8 heteroatoms. The molecular weight excluding hydrogens is 318 g/mol. The maximum atomic E-state index is 12.3. The highest BCUT2D eigenvalue weighted by Gasteiger charge is 2.29. The summed E-state index contributed by atoms with van der Waals surface area (Å²) in [6.45, 7) is 0. The lowest BCUT2D eigenvalue weighted by Crippen LogP contribution is -2.45. The molecule has 0 radical (unpaired) electrons. The van der Waals surface area contributed by atoms with Crippen molar-refractivity contribution in [2.45, 2.75) is 42.7 Å². The molecule has 0 aromatic heterocycles. The molecule has 21 heavy (non-hydrogen) atoms. The normalized spacial score (nSPS) is 23.0. The molecule has 1 saturated carbocycles. The van der Waals surface area contributed by atoms with Gasteiger partial charge in [0.25, 0.3) is 0 Å². The third-order valence-corrected chi connectivity index (χ3v) is 5.48. The van der Waals surface area contributed by atoms with Crippen LogP contribution in [0.3, 0.4) is 0 Å². The number of carboxylic acid groups (broad SMARTS) is 1. The van der Waals surface area contributed by atoms with Crippen molar-refractivity contribution in [1.82, 2.24) is 4.72 Å². The molecule has 0 saturated heterocycles. The van der Waals surface area contributed by atoms with E-state index in [1.54, 1.807) is 0 Å². The second-order valence-corrected chi connectivity index (χ2v) is 7.12. The number of aliphatic hydroxyl groups excluding tert-OH is 1. The molecule has 1 aliphatic rings. The quantitative estimate of drug-likeness (QED) is 0.776. The van der Waals surface area contributed by atoms with Gasteiger partial charge in [0.1, 0.15) is 4.90 Å². The van der Waals surface area contributed by atoms with Crippen LogP contribution in [0.15, 0.2) is 23.1 Å². The maximum absolute atomic E-state index is 12.3. The second-order valence-electron chi connectivity index (χ2n) is 5.03. The van der Waals surface area contributed by atoms with Gasteiger partial charge in [-0.25, -0.2) is 17.9 Å². The van der Waals surface area contributed by atoms with Crippen LogP contribution in [0.2, 0.25) is 5.02 Å². The summed E-state index contributed by atoms with van der Waals surface area (Å²) < 4.78 is 27.1. The van der Waals surface area contributed by atoms with Crippen LogP contribution in [0.1, 0.15) is 36.0 Å². The number of benzene rings is 1. The SMILES string of the molecule is O=C(O)c1ccc(Cl)c(S(=O)(=O)N[C@H]2CCCC[C@@H]2O)c1. The van der Waals surface area contributed by atoms with Gasteiger partial charge in [0.2, 0.25) is 10.0 Å². The first-order chi connectivity index (χ1) is 9.81. The van der Waals surface area contributed by atoms with Crippen molar-refractivity contribution >= 4 is 27.6 Å². The van der Waals surface area contributed by atoms with E-state index < -0.39 is 28.1 Å². The lowest BCUT2D eigenvalue weighted by molar-refractivity contribution is 0.0696.